The van der Waals surface area contributed by atoms with Gasteiger partial charge in [-0.05, 0) is 31.4 Å². The van der Waals surface area contributed by atoms with Crippen molar-refractivity contribution in [2.45, 2.75) is 37.8 Å². The molecule has 2 atom stereocenters. The molecule has 2 aliphatic heterocycles. The van der Waals surface area contributed by atoms with Crippen molar-refractivity contribution in [2.75, 3.05) is 32.1 Å². The Kier molecular flexibility index (Phi) is 4.55. The highest BCUT2D eigenvalue weighted by atomic mass is 16.2. The maximum absolute atomic E-state index is 12.7. The van der Waals surface area contributed by atoms with Gasteiger partial charge < -0.3 is 14.7 Å². The van der Waals surface area contributed by atoms with Crippen molar-refractivity contribution in [1.29, 1.82) is 0 Å². The third-order valence-electron chi connectivity index (χ3n) is 4.97. The summed E-state index contributed by atoms with van der Waals surface area (Å²) < 4.78 is 0. The Hall–Kier alpha value is -2.04. The highest BCUT2D eigenvalue weighted by molar-refractivity contribution is 5.88. The summed E-state index contributed by atoms with van der Waals surface area (Å²) in [7, 11) is 3.53. The number of carbonyl (C=O) groups is 2. The highest BCUT2D eigenvalue weighted by Gasteiger charge is 2.41. The minimum Gasteiger partial charge on any atom is -0.371 e. The van der Waals surface area contributed by atoms with Gasteiger partial charge in [0.2, 0.25) is 11.8 Å². The molecule has 2 amide bonds. The molecule has 0 bridgehead atoms. The lowest BCUT2D eigenvalue weighted by Crippen LogP contribution is -2.51. The van der Waals surface area contributed by atoms with Crippen molar-refractivity contribution >= 4 is 17.5 Å². The van der Waals surface area contributed by atoms with Gasteiger partial charge in [0, 0.05) is 45.3 Å². The van der Waals surface area contributed by atoms with Crippen LogP contribution in [0.4, 0.5) is 5.69 Å². The predicted molar refractivity (Wildman–Crippen MR) is 90.2 cm³/mol. The fourth-order valence-corrected chi connectivity index (χ4v) is 3.76. The first-order valence-electron chi connectivity index (χ1n) is 8.40. The van der Waals surface area contributed by atoms with E-state index in [0.29, 0.717) is 6.42 Å². The Labute approximate surface area is 137 Å². The number of para-hydroxylation sites is 1. The van der Waals surface area contributed by atoms with E-state index in [1.165, 1.54) is 5.69 Å². The standard InChI is InChI=1S/C18H25N3O2/c1-19(2)18(23)16-9-8-15-10-12-20(13-11-17(22)21(15)16)14-6-4-3-5-7-14/h3-7,15-16H,8-13H2,1-2H3/t15-,16+/m1/s1. The number of fused-ring (bicyclic) bond motifs is 1. The zero-order valence-electron chi connectivity index (χ0n) is 13.9. The molecule has 124 valence electrons. The minimum absolute atomic E-state index is 0.0568. The maximum atomic E-state index is 12.7. The van der Waals surface area contributed by atoms with Crippen molar-refractivity contribution < 1.29 is 9.59 Å². The minimum atomic E-state index is -0.259. The Morgan fingerprint density at radius 2 is 1.83 bits per heavy atom. The molecule has 0 unspecified atom stereocenters. The first-order valence-corrected chi connectivity index (χ1v) is 8.40. The number of benzene rings is 1. The van der Waals surface area contributed by atoms with E-state index in [1.54, 1.807) is 19.0 Å². The van der Waals surface area contributed by atoms with Crippen LogP contribution < -0.4 is 4.90 Å². The lowest BCUT2D eigenvalue weighted by molar-refractivity contribution is -0.144. The van der Waals surface area contributed by atoms with Gasteiger partial charge in [0.1, 0.15) is 6.04 Å². The van der Waals surface area contributed by atoms with Gasteiger partial charge in [0.25, 0.3) is 0 Å². The first kappa shape index (κ1) is 15.8. The third kappa shape index (κ3) is 3.19. The summed E-state index contributed by atoms with van der Waals surface area (Å²) in [6, 6.07) is 10.2. The van der Waals surface area contributed by atoms with Gasteiger partial charge in [-0.1, -0.05) is 18.2 Å². The van der Waals surface area contributed by atoms with Crippen LogP contribution in [0.15, 0.2) is 30.3 Å². The zero-order chi connectivity index (χ0) is 16.4. The number of hydrogen-bond donors (Lipinski definition) is 0. The second-order valence-electron chi connectivity index (χ2n) is 6.64. The molecule has 5 heteroatoms. The Morgan fingerprint density at radius 3 is 2.52 bits per heavy atom. The van der Waals surface area contributed by atoms with Crippen molar-refractivity contribution in [3.05, 3.63) is 30.3 Å². The second-order valence-corrected chi connectivity index (χ2v) is 6.64. The largest absolute Gasteiger partial charge is 0.371 e. The van der Waals surface area contributed by atoms with E-state index in [2.05, 4.69) is 17.0 Å². The second kappa shape index (κ2) is 6.60. The summed E-state index contributed by atoms with van der Waals surface area (Å²) in [6.07, 6.45) is 3.12. The fraction of sp³-hybridized carbons (Fsp3) is 0.556. The van der Waals surface area contributed by atoms with Gasteiger partial charge >= 0.3 is 0 Å². The molecule has 2 saturated heterocycles. The molecule has 0 spiro atoms. The van der Waals surface area contributed by atoms with Gasteiger partial charge in [-0.25, -0.2) is 0 Å². The van der Waals surface area contributed by atoms with Crippen molar-refractivity contribution in [2.24, 2.45) is 0 Å². The molecule has 2 fully saturated rings. The van der Waals surface area contributed by atoms with Crippen LogP contribution in [0.5, 0.6) is 0 Å². The summed E-state index contributed by atoms with van der Waals surface area (Å²) in [5, 5.41) is 0. The summed E-state index contributed by atoms with van der Waals surface area (Å²) in [4.78, 5) is 30.8. The number of rotatable bonds is 2. The molecule has 0 aromatic heterocycles. The molecule has 0 aliphatic carbocycles. The molecular weight excluding hydrogens is 290 g/mol. The topological polar surface area (TPSA) is 43.9 Å². The summed E-state index contributed by atoms with van der Waals surface area (Å²) >= 11 is 0. The fourth-order valence-electron chi connectivity index (χ4n) is 3.76. The van der Waals surface area contributed by atoms with E-state index in [0.717, 1.165) is 32.4 Å². The van der Waals surface area contributed by atoms with E-state index in [-0.39, 0.29) is 23.9 Å². The van der Waals surface area contributed by atoms with Crippen LogP contribution in [0.1, 0.15) is 25.7 Å². The number of likely N-dealkylation sites (N-methyl/N-ethyl adjacent to an activating group) is 1. The first-order chi connectivity index (χ1) is 11.1. The van der Waals surface area contributed by atoms with E-state index in [4.69, 9.17) is 0 Å². The Morgan fingerprint density at radius 1 is 1.09 bits per heavy atom. The van der Waals surface area contributed by atoms with Crippen molar-refractivity contribution in [3.8, 4) is 0 Å². The van der Waals surface area contributed by atoms with Gasteiger partial charge in [-0.3, -0.25) is 9.59 Å². The van der Waals surface area contributed by atoms with Gasteiger partial charge in [-0.15, -0.1) is 0 Å². The molecule has 0 radical (unpaired) electrons. The van der Waals surface area contributed by atoms with E-state index >= 15 is 0 Å². The van der Waals surface area contributed by atoms with Crippen LogP contribution >= 0.6 is 0 Å². The quantitative estimate of drug-likeness (QED) is 0.835. The van der Waals surface area contributed by atoms with Gasteiger partial charge in [0.05, 0.1) is 0 Å². The van der Waals surface area contributed by atoms with Crippen LogP contribution in [0.2, 0.25) is 0 Å². The van der Waals surface area contributed by atoms with Crippen molar-refractivity contribution in [1.82, 2.24) is 9.80 Å². The number of amides is 2. The Balaban J connectivity index is 1.74. The SMILES string of the molecule is CN(C)C(=O)[C@@H]1CC[C@@H]2CCN(c3ccccc3)CCC(=O)N21. The molecular formula is C18H25N3O2. The van der Waals surface area contributed by atoms with Crippen LogP contribution in [-0.2, 0) is 9.59 Å². The number of anilines is 1. The normalized spacial score (nSPS) is 24.9. The molecule has 5 nitrogen and oxygen atoms in total. The monoisotopic (exact) mass is 315 g/mol. The average molecular weight is 315 g/mol. The smallest absolute Gasteiger partial charge is 0.244 e. The number of carbonyl (C=O) groups excluding carboxylic acids is 2. The average Bonchev–Trinajstić information content (AvgIpc) is 2.96. The van der Waals surface area contributed by atoms with Crippen molar-refractivity contribution in [3.63, 3.8) is 0 Å². The summed E-state index contributed by atoms with van der Waals surface area (Å²) in [6.45, 7) is 1.65. The maximum Gasteiger partial charge on any atom is 0.244 e. The molecule has 0 N–H and O–H groups in total. The lowest BCUT2D eigenvalue weighted by Gasteiger charge is -2.36. The third-order valence-corrected chi connectivity index (χ3v) is 4.97. The number of nitrogens with zero attached hydrogens (tertiary/aromatic N) is 3. The van der Waals surface area contributed by atoms with E-state index in [1.807, 2.05) is 23.1 Å². The number of hydrogen-bond acceptors (Lipinski definition) is 3. The van der Waals surface area contributed by atoms with E-state index < -0.39 is 0 Å². The molecule has 1 aromatic rings. The molecule has 3 rings (SSSR count). The van der Waals surface area contributed by atoms with E-state index in [9.17, 15) is 9.59 Å². The molecule has 23 heavy (non-hydrogen) atoms. The van der Waals surface area contributed by atoms with Gasteiger partial charge in [0.15, 0.2) is 0 Å². The Bertz CT molecular complexity index is 573. The van der Waals surface area contributed by atoms with Crippen LogP contribution in [-0.4, -0.2) is 60.9 Å². The molecule has 2 heterocycles. The summed E-state index contributed by atoms with van der Waals surface area (Å²) in [5.74, 6) is 0.176. The lowest BCUT2D eigenvalue weighted by atomic mass is 10.1. The van der Waals surface area contributed by atoms with Gasteiger partial charge in [-0.2, -0.15) is 0 Å². The van der Waals surface area contributed by atoms with Crippen LogP contribution in [0.3, 0.4) is 0 Å². The molecule has 2 aliphatic rings. The predicted octanol–water partition coefficient (Wildman–Crippen LogP) is 1.73. The summed E-state index contributed by atoms with van der Waals surface area (Å²) in [5.41, 5.74) is 1.17. The van der Waals surface area contributed by atoms with Crippen LogP contribution in [0.25, 0.3) is 0 Å². The van der Waals surface area contributed by atoms with Crippen LogP contribution in [0, 0.1) is 0 Å². The molecule has 1 aromatic carbocycles. The molecule has 0 saturated carbocycles. The zero-order valence-corrected chi connectivity index (χ0v) is 13.9. The highest BCUT2D eigenvalue weighted by Crippen LogP contribution is 2.30.